The summed E-state index contributed by atoms with van der Waals surface area (Å²) >= 11 is 0. The highest BCUT2D eigenvalue weighted by Crippen LogP contribution is 2.28. The molecular formula is C23H23N3O. The molecule has 2 N–H and O–H groups in total. The number of aromatic nitrogens is 1. The summed E-state index contributed by atoms with van der Waals surface area (Å²) in [7, 11) is 0. The van der Waals surface area contributed by atoms with Crippen LogP contribution in [0, 0.1) is 18.3 Å². The highest BCUT2D eigenvalue weighted by Gasteiger charge is 2.20. The zero-order valence-corrected chi connectivity index (χ0v) is 15.4. The number of nitrogens with zero attached hydrogens (tertiary/aromatic N) is 2. The molecule has 0 amide bonds. The van der Waals surface area contributed by atoms with Gasteiger partial charge in [0.1, 0.15) is 0 Å². The number of aliphatic hydroxyl groups is 1. The number of aliphatic hydroxyl groups excluding tert-OH is 1. The lowest BCUT2D eigenvalue weighted by Gasteiger charge is -2.27. The topological polar surface area (TPSA) is 68.9 Å². The fraction of sp³-hybridized carbons (Fsp3) is 0.304. The second-order valence-electron chi connectivity index (χ2n) is 7.37. The Labute approximate surface area is 159 Å². The second kappa shape index (κ2) is 7.48. The van der Waals surface area contributed by atoms with Crippen LogP contribution in [0.3, 0.4) is 0 Å². The van der Waals surface area contributed by atoms with Crippen LogP contribution in [-0.4, -0.2) is 28.8 Å². The number of nitrogens with one attached hydrogen (secondary N) is 1. The smallest absolute Gasteiger partial charge is 0.0994 e. The van der Waals surface area contributed by atoms with E-state index >= 15 is 0 Å². The van der Waals surface area contributed by atoms with E-state index in [1.54, 1.807) is 0 Å². The third kappa shape index (κ3) is 3.71. The molecule has 1 fully saturated rings. The summed E-state index contributed by atoms with van der Waals surface area (Å²) in [4.78, 5) is 4.85. The summed E-state index contributed by atoms with van der Waals surface area (Å²) in [6, 6.07) is 18.9. The van der Waals surface area contributed by atoms with Crippen LogP contribution in [0.25, 0.3) is 22.2 Å². The van der Waals surface area contributed by atoms with Gasteiger partial charge in [0, 0.05) is 23.5 Å². The van der Waals surface area contributed by atoms with Crippen LogP contribution >= 0.6 is 0 Å². The van der Waals surface area contributed by atoms with Crippen LogP contribution in [0.4, 0.5) is 0 Å². The fourth-order valence-corrected chi connectivity index (χ4v) is 3.81. The molecule has 136 valence electrons. The van der Waals surface area contributed by atoms with Gasteiger partial charge < -0.3 is 10.4 Å². The van der Waals surface area contributed by atoms with Gasteiger partial charge in [0.15, 0.2) is 0 Å². The predicted molar refractivity (Wildman–Crippen MR) is 107 cm³/mol. The van der Waals surface area contributed by atoms with Crippen molar-refractivity contribution in [2.45, 2.75) is 38.3 Å². The monoisotopic (exact) mass is 357 g/mol. The molecule has 0 saturated carbocycles. The van der Waals surface area contributed by atoms with Gasteiger partial charge in [-0.3, -0.25) is 0 Å². The molecule has 2 atom stereocenters. The van der Waals surface area contributed by atoms with E-state index < -0.39 is 0 Å². The van der Waals surface area contributed by atoms with Gasteiger partial charge >= 0.3 is 0 Å². The van der Waals surface area contributed by atoms with E-state index in [1.165, 1.54) is 10.9 Å². The van der Waals surface area contributed by atoms with Crippen LogP contribution in [0.1, 0.15) is 29.5 Å². The molecule has 0 aliphatic carbocycles. The van der Waals surface area contributed by atoms with Gasteiger partial charge in [-0.05, 0) is 55.5 Å². The molecule has 2 heterocycles. The van der Waals surface area contributed by atoms with Crippen molar-refractivity contribution in [3.63, 3.8) is 0 Å². The number of rotatable bonds is 3. The van der Waals surface area contributed by atoms with Crippen molar-refractivity contribution >= 4 is 10.9 Å². The van der Waals surface area contributed by atoms with Gasteiger partial charge in [0.2, 0.25) is 0 Å². The largest absolute Gasteiger partial charge is 0.392 e. The van der Waals surface area contributed by atoms with Gasteiger partial charge in [-0.1, -0.05) is 30.3 Å². The van der Waals surface area contributed by atoms with Crippen molar-refractivity contribution in [1.29, 1.82) is 5.26 Å². The molecular weight excluding hydrogens is 334 g/mol. The minimum atomic E-state index is -0.233. The summed E-state index contributed by atoms with van der Waals surface area (Å²) in [5.74, 6) is 0. The molecule has 1 aliphatic heterocycles. The van der Waals surface area contributed by atoms with Gasteiger partial charge in [0.25, 0.3) is 0 Å². The van der Waals surface area contributed by atoms with Crippen LogP contribution < -0.4 is 5.32 Å². The standard InChI is InChI=1S/C23H23N3O/c1-15-6-7-16(10-18(15)13-24)23-12-17(11-19-8-9-20(27)14-25-19)21-4-2-3-5-22(21)26-23/h2-7,10,12,19-20,25,27H,8-9,11,14H2,1H3/t19-,20?/m1/s1. The summed E-state index contributed by atoms with van der Waals surface area (Å²) in [5, 5.41) is 23.7. The number of pyridine rings is 1. The molecule has 4 nitrogen and oxygen atoms in total. The van der Waals surface area contributed by atoms with Crippen LogP contribution in [0.5, 0.6) is 0 Å². The second-order valence-corrected chi connectivity index (χ2v) is 7.37. The summed E-state index contributed by atoms with van der Waals surface area (Å²) in [6.45, 7) is 2.61. The Balaban J connectivity index is 1.75. The number of aryl methyl sites for hydroxylation is 1. The number of benzene rings is 2. The lowest BCUT2D eigenvalue weighted by molar-refractivity contribution is 0.126. The van der Waals surface area contributed by atoms with Gasteiger partial charge in [-0.15, -0.1) is 0 Å². The molecule has 4 rings (SSSR count). The van der Waals surface area contributed by atoms with Crippen molar-refractivity contribution < 1.29 is 5.11 Å². The summed E-state index contributed by atoms with van der Waals surface area (Å²) in [5.41, 5.74) is 5.76. The first kappa shape index (κ1) is 17.7. The molecule has 1 aromatic heterocycles. The zero-order chi connectivity index (χ0) is 18.8. The molecule has 1 aliphatic rings. The molecule has 0 spiro atoms. The molecule has 1 unspecified atom stereocenters. The highest BCUT2D eigenvalue weighted by atomic mass is 16.3. The number of para-hydroxylation sites is 1. The number of piperidine rings is 1. The van der Waals surface area contributed by atoms with E-state index in [-0.39, 0.29) is 6.10 Å². The van der Waals surface area contributed by atoms with Crippen LogP contribution in [0.2, 0.25) is 0 Å². The molecule has 4 heteroatoms. The quantitative estimate of drug-likeness (QED) is 0.749. The minimum Gasteiger partial charge on any atom is -0.392 e. The average Bonchev–Trinajstić information content (AvgIpc) is 2.70. The van der Waals surface area contributed by atoms with E-state index in [1.807, 2.05) is 43.3 Å². The lowest BCUT2D eigenvalue weighted by Crippen LogP contribution is -2.42. The SMILES string of the molecule is Cc1ccc(-c2cc(C[C@H]3CCC(O)CN3)c3ccccc3n2)cc1C#N. The van der Waals surface area contributed by atoms with Crippen molar-refractivity contribution in [2.75, 3.05) is 6.54 Å². The van der Waals surface area contributed by atoms with Gasteiger partial charge in [-0.2, -0.15) is 5.26 Å². The van der Waals surface area contributed by atoms with Gasteiger partial charge in [0.05, 0.1) is 28.9 Å². The number of nitriles is 1. The number of β-amino-alcohol motifs (C(OH)–C–C–N with tert-alkyl or cyclic N) is 1. The van der Waals surface area contributed by atoms with Crippen molar-refractivity contribution in [3.05, 3.63) is 65.2 Å². The van der Waals surface area contributed by atoms with E-state index in [2.05, 4.69) is 23.5 Å². The Bertz CT molecular complexity index is 1010. The van der Waals surface area contributed by atoms with Crippen molar-refractivity contribution in [3.8, 4) is 17.3 Å². The first-order valence-electron chi connectivity index (χ1n) is 9.45. The third-order valence-electron chi connectivity index (χ3n) is 5.41. The third-order valence-corrected chi connectivity index (χ3v) is 5.41. The van der Waals surface area contributed by atoms with Crippen LogP contribution in [-0.2, 0) is 6.42 Å². The Morgan fingerprint density at radius 1 is 1.19 bits per heavy atom. The highest BCUT2D eigenvalue weighted by molar-refractivity contribution is 5.85. The Hall–Kier alpha value is -2.74. The van der Waals surface area contributed by atoms with Gasteiger partial charge in [-0.25, -0.2) is 4.98 Å². The molecule has 1 saturated heterocycles. The van der Waals surface area contributed by atoms with E-state index in [0.717, 1.165) is 41.6 Å². The van der Waals surface area contributed by atoms with Crippen LogP contribution in [0.15, 0.2) is 48.5 Å². The summed E-state index contributed by atoms with van der Waals surface area (Å²) in [6.07, 6.45) is 2.48. The average molecular weight is 357 g/mol. The number of hydrogen-bond donors (Lipinski definition) is 2. The molecule has 27 heavy (non-hydrogen) atoms. The zero-order valence-electron chi connectivity index (χ0n) is 15.4. The maximum atomic E-state index is 9.73. The van der Waals surface area contributed by atoms with E-state index in [4.69, 9.17) is 4.98 Å². The normalized spacial score (nSPS) is 19.7. The Morgan fingerprint density at radius 3 is 2.81 bits per heavy atom. The first-order valence-corrected chi connectivity index (χ1v) is 9.45. The van der Waals surface area contributed by atoms with Crippen molar-refractivity contribution in [1.82, 2.24) is 10.3 Å². The molecule has 3 aromatic rings. The molecule has 0 radical (unpaired) electrons. The summed E-state index contributed by atoms with van der Waals surface area (Å²) < 4.78 is 0. The minimum absolute atomic E-state index is 0.233. The van der Waals surface area contributed by atoms with E-state index in [9.17, 15) is 10.4 Å². The Morgan fingerprint density at radius 2 is 2.04 bits per heavy atom. The van der Waals surface area contributed by atoms with Crippen molar-refractivity contribution in [2.24, 2.45) is 0 Å². The molecule has 0 bridgehead atoms. The molecule has 2 aromatic carbocycles. The first-order chi connectivity index (χ1) is 13.1. The Kier molecular flexibility index (Phi) is 4.89. The maximum absolute atomic E-state index is 9.73. The lowest BCUT2D eigenvalue weighted by atomic mass is 9.93. The van der Waals surface area contributed by atoms with E-state index in [0.29, 0.717) is 18.2 Å². The number of fused-ring (bicyclic) bond motifs is 1. The fourth-order valence-electron chi connectivity index (χ4n) is 3.81. The maximum Gasteiger partial charge on any atom is 0.0994 e. The predicted octanol–water partition coefficient (Wildman–Crippen LogP) is 3.74. The number of hydrogen-bond acceptors (Lipinski definition) is 4.